The molecule has 0 bridgehead atoms. The van der Waals surface area contributed by atoms with Crippen LogP contribution in [0.25, 0.3) is 0 Å². The summed E-state index contributed by atoms with van der Waals surface area (Å²) in [5, 5.41) is 4.12. The zero-order chi connectivity index (χ0) is 14.6. The second-order valence-corrected chi connectivity index (χ2v) is 6.82. The van der Waals surface area contributed by atoms with E-state index in [-0.39, 0.29) is 5.54 Å². The lowest BCUT2D eigenvalue weighted by atomic mass is 10.1. The predicted molar refractivity (Wildman–Crippen MR) is 82.5 cm³/mol. The number of hydrogen-bond acceptors (Lipinski definition) is 3. The molecule has 4 heteroatoms. The first-order valence-corrected chi connectivity index (χ1v) is 7.56. The van der Waals surface area contributed by atoms with Crippen LogP contribution in [0.1, 0.15) is 32.8 Å². The number of hydrogen-bond donors (Lipinski definition) is 1. The summed E-state index contributed by atoms with van der Waals surface area (Å²) in [6.45, 7) is 9.57. The molecule has 1 fully saturated rings. The molecule has 2 rings (SSSR count). The van der Waals surface area contributed by atoms with E-state index in [1.807, 2.05) is 12.1 Å². The van der Waals surface area contributed by atoms with Gasteiger partial charge in [0.05, 0.1) is 18.2 Å². The van der Waals surface area contributed by atoms with Crippen LogP contribution in [0.15, 0.2) is 18.2 Å². The van der Waals surface area contributed by atoms with E-state index in [4.69, 9.17) is 21.1 Å². The molecule has 1 atom stereocenters. The Balaban J connectivity index is 1.88. The molecule has 1 saturated heterocycles. The van der Waals surface area contributed by atoms with Crippen molar-refractivity contribution in [2.75, 3.05) is 19.8 Å². The van der Waals surface area contributed by atoms with Crippen molar-refractivity contribution in [3.05, 3.63) is 28.8 Å². The van der Waals surface area contributed by atoms with Gasteiger partial charge < -0.3 is 14.8 Å². The number of rotatable bonds is 5. The molecule has 20 heavy (non-hydrogen) atoms. The van der Waals surface area contributed by atoms with Gasteiger partial charge in [-0.25, -0.2) is 0 Å². The standard InChI is InChI=1S/C16H24ClNO2/c1-16(2,3)18-9-12-4-5-15(14(17)8-12)20-11-13-6-7-19-10-13/h4-5,8,13,18H,6-7,9-11H2,1-3H3. The van der Waals surface area contributed by atoms with Gasteiger partial charge in [-0.05, 0) is 44.9 Å². The van der Waals surface area contributed by atoms with Crippen molar-refractivity contribution < 1.29 is 9.47 Å². The first-order valence-electron chi connectivity index (χ1n) is 7.18. The fraction of sp³-hybridized carbons (Fsp3) is 0.625. The number of benzene rings is 1. The second kappa shape index (κ2) is 6.79. The molecule has 0 aliphatic carbocycles. The third-order valence-corrected chi connectivity index (χ3v) is 3.61. The Morgan fingerprint density at radius 2 is 2.20 bits per heavy atom. The minimum atomic E-state index is 0.101. The molecule has 0 aromatic heterocycles. The summed E-state index contributed by atoms with van der Waals surface area (Å²) in [5.41, 5.74) is 1.27. The third-order valence-electron chi connectivity index (χ3n) is 3.32. The summed E-state index contributed by atoms with van der Waals surface area (Å²) in [4.78, 5) is 0. The highest BCUT2D eigenvalue weighted by Crippen LogP contribution is 2.27. The van der Waals surface area contributed by atoms with Gasteiger partial charge in [-0.15, -0.1) is 0 Å². The van der Waals surface area contributed by atoms with Gasteiger partial charge >= 0.3 is 0 Å². The van der Waals surface area contributed by atoms with Crippen LogP contribution in [0.5, 0.6) is 5.75 Å². The molecule has 1 heterocycles. The van der Waals surface area contributed by atoms with Crippen LogP contribution in [0.3, 0.4) is 0 Å². The van der Waals surface area contributed by atoms with Crippen LogP contribution in [0, 0.1) is 5.92 Å². The number of ether oxygens (including phenoxy) is 2. The zero-order valence-electron chi connectivity index (χ0n) is 12.5. The van der Waals surface area contributed by atoms with Crippen LogP contribution in [-0.4, -0.2) is 25.4 Å². The van der Waals surface area contributed by atoms with Gasteiger partial charge in [-0.2, -0.15) is 0 Å². The first-order chi connectivity index (χ1) is 9.44. The molecule has 0 saturated carbocycles. The van der Waals surface area contributed by atoms with Gasteiger partial charge in [0.2, 0.25) is 0 Å². The second-order valence-electron chi connectivity index (χ2n) is 6.41. The van der Waals surface area contributed by atoms with Crippen LogP contribution in [0.4, 0.5) is 0 Å². The molecule has 1 aliphatic heterocycles. The van der Waals surface area contributed by atoms with Gasteiger partial charge in [0.15, 0.2) is 0 Å². The van der Waals surface area contributed by atoms with Crippen molar-refractivity contribution >= 4 is 11.6 Å². The number of nitrogens with one attached hydrogen (secondary N) is 1. The predicted octanol–water partition coefficient (Wildman–Crippen LogP) is 3.64. The highest BCUT2D eigenvalue weighted by atomic mass is 35.5. The normalized spacial score (nSPS) is 19.3. The smallest absolute Gasteiger partial charge is 0.137 e. The van der Waals surface area contributed by atoms with Crippen LogP contribution >= 0.6 is 11.6 Å². The summed E-state index contributed by atoms with van der Waals surface area (Å²) in [6.07, 6.45) is 1.07. The van der Waals surface area contributed by atoms with Crippen molar-refractivity contribution in [3.8, 4) is 5.75 Å². The Bertz CT molecular complexity index is 437. The SMILES string of the molecule is CC(C)(C)NCc1ccc(OCC2CCOC2)c(Cl)c1. The average Bonchev–Trinajstić information content (AvgIpc) is 2.87. The van der Waals surface area contributed by atoms with E-state index in [1.54, 1.807) is 0 Å². The molecular formula is C16H24ClNO2. The Morgan fingerprint density at radius 1 is 1.40 bits per heavy atom. The van der Waals surface area contributed by atoms with E-state index in [1.165, 1.54) is 5.56 Å². The van der Waals surface area contributed by atoms with Crippen molar-refractivity contribution in [2.24, 2.45) is 5.92 Å². The molecule has 1 N–H and O–H groups in total. The highest BCUT2D eigenvalue weighted by Gasteiger charge is 2.17. The van der Waals surface area contributed by atoms with Gasteiger partial charge in [0, 0.05) is 24.6 Å². The third kappa shape index (κ3) is 4.97. The van der Waals surface area contributed by atoms with Crippen molar-refractivity contribution in [2.45, 2.75) is 39.3 Å². The number of halogens is 1. The molecule has 1 aromatic carbocycles. The molecule has 1 unspecified atom stereocenters. The van der Waals surface area contributed by atoms with Crippen molar-refractivity contribution in [3.63, 3.8) is 0 Å². The van der Waals surface area contributed by atoms with E-state index >= 15 is 0 Å². The maximum atomic E-state index is 6.28. The van der Waals surface area contributed by atoms with E-state index in [9.17, 15) is 0 Å². The fourth-order valence-electron chi connectivity index (χ4n) is 2.06. The minimum Gasteiger partial charge on any atom is -0.492 e. The van der Waals surface area contributed by atoms with E-state index in [0.717, 1.165) is 31.9 Å². The summed E-state index contributed by atoms with van der Waals surface area (Å²) in [6, 6.07) is 5.99. The maximum absolute atomic E-state index is 6.28. The zero-order valence-corrected chi connectivity index (χ0v) is 13.3. The van der Waals surface area contributed by atoms with E-state index < -0.39 is 0 Å². The highest BCUT2D eigenvalue weighted by molar-refractivity contribution is 6.32. The average molecular weight is 298 g/mol. The fourth-order valence-corrected chi connectivity index (χ4v) is 2.32. The van der Waals surface area contributed by atoms with Gasteiger partial charge in [0.1, 0.15) is 5.75 Å². The van der Waals surface area contributed by atoms with E-state index in [2.05, 4.69) is 32.2 Å². The molecule has 1 aliphatic rings. The molecule has 3 nitrogen and oxygen atoms in total. The Labute approximate surface area is 126 Å². The topological polar surface area (TPSA) is 30.5 Å². The molecule has 0 amide bonds. The lowest BCUT2D eigenvalue weighted by molar-refractivity contribution is 0.167. The van der Waals surface area contributed by atoms with Crippen LogP contribution < -0.4 is 10.1 Å². The van der Waals surface area contributed by atoms with Crippen LogP contribution in [0.2, 0.25) is 5.02 Å². The van der Waals surface area contributed by atoms with E-state index in [0.29, 0.717) is 17.5 Å². The molecular weight excluding hydrogens is 274 g/mol. The van der Waals surface area contributed by atoms with Gasteiger partial charge in [-0.1, -0.05) is 17.7 Å². The Hall–Kier alpha value is -0.770. The lowest BCUT2D eigenvalue weighted by Gasteiger charge is -2.21. The summed E-state index contributed by atoms with van der Waals surface area (Å²) in [5.74, 6) is 1.26. The quantitative estimate of drug-likeness (QED) is 0.900. The molecule has 0 radical (unpaired) electrons. The molecule has 0 spiro atoms. The van der Waals surface area contributed by atoms with Crippen molar-refractivity contribution in [1.29, 1.82) is 0 Å². The van der Waals surface area contributed by atoms with Crippen molar-refractivity contribution in [1.82, 2.24) is 5.32 Å². The molecule has 112 valence electrons. The Morgan fingerprint density at radius 3 is 2.80 bits per heavy atom. The largest absolute Gasteiger partial charge is 0.492 e. The van der Waals surface area contributed by atoms with Gasteiger partial charge in [-0.3, -0.25) is 0 Å². The van der Waals surface area contributed by atoms with Crippen LogP contribution in [-0.2, 0) is 11.3 Å². The maximum Gasteiger partial charge on any atom is 0.137 e. The van der Waals surface area contributed by atoms with Gasteiger partial charge in [0.25, 0.3) is 0 Å². The molecule has 1 aromatic rings. The lowest BCUT2D eigenvalue weighted by Crippen LogP contribution is -2.35. The minimum absolute atomic E-state index is 0.101. The monoisotopic (exact) mass is 297 g/mol. The summed E-state index contributed by atoms with van der Waals surface area (Å²) in [7, 11) is 0. The summed E-state index contributed by atoms with van der Waals surface area (Å²) >= 11 is 6.28. The Kier molecular flexibility index (Phi) is 5.30. The summed E-state index contributed by atoms with van der Waals surface area (Å²) < 4.78 is 11.1. The first kappa shape index (κ1) is 15.6.